The molecule has 28 heavy (non-hydrogen) atoms. The molecular formula is C22H36N4O2. The SMILES string of the molecule is CC(=O)N(CCc1noc(C2CCC2)n1)C1CCCN(CC2CCCCC2)C1. The lowest BCUT2D eigenvalue weighted by molar-refractivity contribution is -0.132. The van der Waals surface area contributed by atoms with Gasteiger partial charge in [-0.3, -0.25) is 4.79 Å². The van der Waals surface area contributed by atoms with E-state index in [1.54, 1.807) is 6.92 Å². The van der Waals surface area contributed by atoms with Crippen LogP contribution in [-0.2, 0) is 11.2 Å². The lowest BCUT2D eigenvalue weighted by atomic mass is 9.85. The van der Waals surface area contributed by atoms with Crippen LogP contribution in [0.2, 0.25) is 0 Å². The van der Waals surface area contributed by atoms with E-state index in [2.05, 4.69) is 19.9 Å². The van der Waals surface area contributed by atoms with E-state index < -0.39 is 0 Å². The van der Waals surface area contributed by atoms with Crippen molar-refractivity contribution >= 4 is 5.91 Å². The molecule has 156 valence electrons. The maximum Gasteiger partial charge on any atom is 0.229 e. The quantitative estimate of drug-likeness (QED) is 0.711. The molecule has 0 bridgehead atoms. The first-order valence-electron chi connectivity index (χ1n) is 11.5. The van der Waals surface area contributed by atoms with Gasteiger partial charge in [0.15, 0.2) is 5.82 Å². The Labute approximate surface area is 169 Å². The molecule has 0 spiro atoms. The van der Waals surface area contributed by atoms with Crippen LogP contribution in [0.1, 0.15) is 88.8 Å². The van der Waals surface area contributed by atoms with Gasteiger partial charge in [0.25, 0.3) is 0 Å². The minimum absolute atomic E-state index is 0.173. The lowest BCUT2D eigenvalue weighted by Crippen LogP contribution is -2.51. The third-order valence-electron chi connectivity index (χ3n) is 7.08. The maximum absolute atomic E-state index is 12.4. The summed E-state index contributed by atoms with van der Waals surface area (Å²) in [5, 5.41) is 4.15. The van der Waals surface area contributed by atoms with Crippen molar-refractivity contribution in [2.45, 2.75) is 89.5 Å². The van der Waals surface area contributed by atoms with Gasteiger partial charge in [0.1, 0.15) is 0 Å². The summed E-state index contributed by atoms with van der Waals surface area (Å²) in [6.45, 7) is 5.83. The van der Waals surface area contributed by atoms with Crippen LogP contribution in [0.4, 0.5) is 0 Å². The maximum atomic E-state index is 12.4. The first kappa shape index (κ1) is 19.9. The van der Waals surface area contributed by atoms with Gasteiger partial charge in [-0.2, -0.15) is 4.98 Å². The Hall–Kier alpha value is -1.43. The van der Waals surface area contributed by atoms with E-state index in [4.69, 9.17) is 4.52 Å². The van der Waals surface area contributed by atoms with E-state index in [0.29, 0.717) is 24.9 Å². The number of rotatable bonds is 7. The molecule has 2 saturated carbocycles. The van der Waals surface area contributed by atoms with Gasteiger partial charge < -0.3 is 14.3 Å². The largest absolute Gasteiger partial charge is 0.339 e. The van der Waals surface area contributed by atoms with E-state index in [0.717, 1.165) is 30.6 Å². The van der Waals surface area contributed by atoms with Crippen LogP contribution in [0.5, 0.6) is 0 Å². The van der Waals surface area contributed by atoms with Gasteiger partial charge in [-0.05, 0) is 51.0 Å². The van der Waals surface area contributed by atoms with Crippen molar-refractivity contribution in [1.82, 2.24) is 19.9 Å². The van der Waals surface area contributed by atoms with Gasteiger partial charge in [0, 0.05) is 44.9 Å². The average Bonchev–Trinajstić information content (AvgIpc) is 3.09. The zero-order chi connectivity index (χ0) is 19.3. The second-order valence-electron chi connectivity index (χ2n) is 9.20. The summed E-state index contributed by atoms with van der Waals surface area (Å²) in [6, 6.07) is 0.327. The van der Waals surface area contributed by atoms with Crippen molar-refractivity contribution < 1.29 is 9.32 Å². The van der Waals surface area contributed by atoms with Gasteiger partial charge >= 0.3 is 0 Å². The number of aromatic nitrogens is 2. The Balaban J connectivity index is 1.30. The van der Waals surface area contributed by atoms with Crippen LogP contribution in [0.3, 0.4) is 0 Å². The number of piperidine rings is 1. The molecule has 1 aromatic rings. The highest BCUT2D eigenvalue weighted by Crippen LogP contribution is 2.35. The summed E-state index contributed by atoms with van der Waals surface area (Å²) in [4.78, 5) is 21.6. The number of nitrogens with zero attached hydrogens (tertiary/aromatic N) is 4. The fourth-order valence-corrected chi connectivity index (χ4v) is 5.19. The Kier molecular flexibility index (Phi) is 6.65. The number of hydrogen-bond acceptors (Lipinski definition) is 5. The molecule has 4 rings (SSSR count). The summed E-state index contributed by atoms with van der Waals surface area (Å²) < 4.78 is 5.44. The molecule has 0 aromatic carbocycles. The summed E-state index contributed by atoms with van der Waals surface area (Å²) >= 11 is 0. The highest BCUT2D eigenvalue weighted by molar-refractivity contribution is 5.73. The lowest BCUT2D eigenvalue weighted by Gasteiger charge is -2.40. The molecule has 2 heterocycles. The minimum Gasteiger partial charge on any atom is -0.339 e. The van der Waals surface area contributed by atoms with E-state index in [9.17, 15) is 4.79 Å². The van der Waals surface area contributed by atoms with Crippen molar-refractivity contribution in [2.75, 3.05) is 26.2 Å². The molecule has 0 N–H and O–H groups in total. The third kappa shape index (κ3) is 4.94. The third-order valence-corrected chi connectivity index (χ3v) is 7.08. The van der Waals surface area contributed by atoms with Crippen molar-refractivity contribution in [2.24, 2.45) is 5.92 Å². The first-order chi connectivity index (χ1) is 13.7. The van der Waals surface area contributed by atoms with Gasteiger partial charge in [0.05, 0.1) is 0 Å². The summed E-state index contributed by atoms with van der Waals surface area (Å²) in [5.74, 6) is 3.06. The van der Waals surface area contributed by atoms with E-state index in [1.165, 1.54) is 70.9 Å². The molecule has 1 unspecified atom stereocenters. The van der Waals surface area contributed by atoms with Crippen LogP contribution in [0.15, 0.2) is 4.52 Å². The highest BCUT2D eigenvalue weighted by Gasteiger charge is 2.29. The number of hydrogen-bond donors (Lipinski definition) is 0. The Morgan fingerprint density at radius 1 is 1.11 bits per heavy atom. The van der Waals surface area contributed by atoms with Crippen LogP contribution >= 0.6 is 0 Å². The number of carbonyl (C=O) groups is 1. The predicted octanol–water partition coefficient (Wildman–Crippen LogP) is 3.77. The molecule has 1 amide bonds. The van der Waals surface area contributed by atoms with E-state index in [-0.39, 0.29) is 5.91 Å². The monoisotopic (exact) mass is 388 g/mol. The minimum atomic E-state index is 0.173. The average molecular weight is 389 g/mol. The van der Waals surface area contributed by atoms with Crippen molar-refractivity contribution in [3.8, 4) is 0 Å². The van der Waals surface area contributed by atoms with Crippen LogP contribution < -0.4 is 0 Å². The van der Waals surface area contributed by atoms with E-state index >= 15 is 0 Å². The topological polar surface area (TPSA) is 62.5 Å². The fraction of sp³-hybridized carbons (Fsp3) is 0.864. The molecule has 0 radical (unpaired) electrons. The summed E-state index contributed by atoms with van der Waals surface area (Å²) in [7, 11) is 0. The molecule has 1 aliphatic heterocycles. The molecule has 2 aliphatic carbocycles. The molecular weight excluding hydrogens is 352 g/mol. The van der Waals surface area contributed by atoms with Crippen LogP contribution in [-0.4, -0.2) is 58.1 Å². The fourth-order valence-electron chi connectivity index (χ4n) is 5.19. The number of amides is 1. The Bertz CT molecular complexity index is 636. The van der Waals surface area contributed by atoms with Gasteiger partial charge in [-0.25, -0.2) is 0 Å². The smallest absolute Gasteiger partial charge is 0.229 e. The highest BCUT2D eigenvalue weighted by atomic mass is 16.5. The second-order valence-corrected chi connectivity index (χ2v) is 9.20. The zero-order valence-electron chi connectivity index (χ0n) is 17.4. The predicted molar refractivity (Wildman–Crippen MR) is 108 cm³/mol. The molecule has 3 aliphatic rings. The summed E-state index contributed by atoms with van der Waals surface area (Å²) in [6.07, 6.45) is 13.6. The standard InChI is InChI=1S/C22H36N4O2/c1-17(27)26(14-12-21-23-22(28-24-21)19-9-5-10-19)20-11-6-13-25(16-20)15-18-7-3-2-4-8-18/h18-20H,2-16H2,1H3. The molecule has 1 aromatic heterocycles. The van der Waals surface area contributed by atoms with Crippen molar-refractivity contribution in [1.29, 1.82) is 0 Å². The van der Waals surface area contributed by atoms with Crippen LogP contribution in [0, 0.1) is 5.92 Å². The van der Waals surface area contributed by atoms with Gasteiger partial charge in [-0.1, -0.05) is 30.8 Å². The Morgan fingerprint density at radius 3 is 2.64 bits per heavy atom. The Morgan fingerprint density at radius 2 is 1.93 bits per heavy atom. The number of carbonyl (C=O) groups excluding carboxylic acids is 1. The normalized spacial score (nSPS) is 24.8. The molecule has 3 fully saturated rings. The van der Waals surface area contributed by atoms with Crippen molar-refractivity contribution in [3.63, 3.8) is 0 Å². The van der Waals surface area contributed by atoms with Crippen molar-refractivity contribution in [3.05, 3.63) is 11.7 Å². The second kappa shape index (κ2) is 9.38. The van der Waals surface area contributed by atoms with E-state index in [1.807, 2.05) is 0 Å². The molecule has 1 saturated heterocycles. The molecule has 6 heteroatoms. The zero-order valence-corrected chi connectivity index (χ0v) is 17.4. The summed E-state index contributed by atoms with van der Waals surface area (Å²) in [5.41, 5.74) is 0. The van der Waals surface area contributed by atoms with Gasteiger partial charge in [0.2, 0.25) is 11.8 Å². The number of likely N-dealkylation sites (tertiary alicyclic amines) is 1. The van der Waals surface area contributed by atoms with Crippen LogP contribution in [0.25, 0.3) is 0 Å². The first-order valence-corrected chi connectivity index (χ1v) is 11.5. The van der Waals surface area contributed by atoms with Gasteiger partial charge in [-0.15, -0.1) is 0 Å². The molecule has 6 nitrogen and oxygen atoms in total. The molecule has 1 atom stereocenters.